The first-order valence-corrected chi connectivity index (χ1v) is 9.02. The molecule has 0 spiro atoms. The molecule has 0 aromatic heterocycles. The molecule has 0 N–H and O–H groups in total. The number of hydrogen-bond donors (Lipinski definition) is 0. The predicted molar refractivity (Wildman–Crippen MR) is 105 cm³/mol. The second-order valence-electron chi connectivity index (χ2n) is 6.72. The van der Waals surface area contributed by atoms with Crippen molar-refractivity contribution >= 4 is 23.4 Å². The molecule has 0 aliphatic carbocycles. The average Bonchev–Trinajstić information content (AvgIpc) is 3.33. The Morgan fingerprint density at radius 1 is 0.966 bits per heavy atom. The van der Waals surface area contributed by atoms with E-state index in [0.717, 1.165) is 16.2 Å². The Morgan fingerprint density at radius 3 is 2.41 bits per heavy atom. The van der Waals surface area contributed by atoms with Gasteiger partial charge in [0.05, 0.1) is 37.6 Å². The van der Waals surface area contributed by atoms with Gasteiger partial charge >= 0.3 is 0 Å². The van der Waals surface area contributed by atoms with E-state index >= 15 is 0 Å². The Kier molecular flexibility index (Phi) is 4.54. The largest absolute Gasteiger partial charge is 0.493 e. The van der Waals surface area contributed by atoms with Gasteiger partial charge in [0.1, 0.15) is 0 Å². The number of fused-ring (bicyclic) bond motifs is 1. The van der Waals surface area contributed by atoms with Gasteiger partial charge in [-0.25, -0.2) is 5.01 Å². The Hall–Kier alpha value is -3.68. The molecule has 0 unspecified atom stereocenters. The van der Waals surface area contributed by atoms with E-state index in [0.29, 0.717) is 35.6 Å². The molecule has 0 saturated heterocycles. The van der Waals surface area contributed by atoms with Crippen molar-refractivity contribution in [1.29, 1.82) is 0 Å². The quantitative estimate of drug-likeness (QED) is 0.743. The number of carbonyl (C=O) groups is 3. The van der Waals surface area contributed by atoms with Crippen LogP contribution in [0.2, 0.25) is 0 Å². The van der Waals surface area contributed by atoms with Gasteiger partial charge in [-0.05, 0) is 36.4 Å². The number of ether oxygens (including phenoxy) is 2. The Morgan fingerprint density at radius 2 is 1.69 bits per heavy atom. The third kappa shape index (κ3) is 3.02. The van der Waals surface area contributed by atoms with Crippen molar-refractivity contribution in [3.05, 3.63) is 58.7 Å². The highest BCUT2D eigenvalue weighted by molar-refractivity contribution is 6.21. The maximum atomic E-state index is 12.9. The van der Waals surface area contributed by atoms with E-state index in [9.17, 15) is 14.4 Å². The summed E-state index contributed by atoms with van der Waals surface area (Å²) in [6, 6.07) is 10.0. The molecule has 2 aromatic carbocycles. The standard InChI is InChI=1S/C21H19N3O5/c1-23-20(26)14-6-4-13(10-15(14)21(23)27)19(25)24-9-8-16(22-24)12-5-7-17(28-2)18(11-12)29-3/h4-7,10-11H,8-9H2,1-3H3. The van der Waals surface area contributed by atoms with Crippen LogP contribution in [0.4, 0.5) is 0 Å². The van der Waals surface area contributed by atoms with Crippen molar-refractivity contribution < 1.29 is 23.9 Å². The molecule has 3 amide bonds. The first-order valence-electron chi connectivity index (χ1n) is 9.02. The lowest BCUT2D eigenvalue weighted by molar-refractivity contribution is 0.0692. The summed E-state index contributed by atoms with van der Waals surface area (Å²) in [6.45, 7) is 0.423. The van der Waals surface area contributed by atoms with Crippen LogP contribution in [0.25, 0.3) is 0 Å². The molecule has 4 rings (SSSR count). The number of methoxy groups -OCH3 is 2. The van der Waals surface area contributed by atoms with E-state index in [2.05, 4.69) is 5.10 Å². The van der Waals surface area contributed by atoms with E-state index in [-0.39, 0.29) is 17.4 Å². The number of imide groups is 1. The van der Waals surface area contributed by atoms with Crippen LogP contribution >= 0.6 is 0 Å². The molecule has 8 nitrogen and oxygen atoms in total. The maximum Gasteiger partial charge on any atom is 0.273 e. The van der Waals surface area contributed by atoms with Crippen molar-refractivity contribution in [3.8, 4) is 11.5 Å². The summed E-state index contributed by atoms with van der Waals surface area (Å²) in [5.74, 6) is 0.112. The van der Waals surface area contributed by atoms with Gasteiger partial charge in [0.2, 0.25) is 0 Å². The van der Waals surface area contributed by atoms with Crippen LogP contribution in [0, 0.1) is 0 Å². The van der Waals surface area contributed by atoms with Crippen molar-refractivity contribution in [2.75, 3.05) is 27.8 Å². The number of carbonyl (C=O) groups excluding carboxylic acids is 3. The van der Waals surface area contributed by atoms with Crippen LogP contribution in [-0.2, 0) is 0 Å². The fraction of sp³-hybridized carbons (Fsp3) is 0.238. The second-order valence-corrected chi connectivity index (χ2v) is 6.72. The average molecular weight is 393 g/mol. The zero-order chi connectivity index (χ0) is 20.7. The van der Waals surface area contributed by atoms with Gasteiger partial charge in [0.15, 0.2) is 11.5 Å². The molecule has 0 fully saturated rings. The van der Waals surface area contributed by atoms with Gasteiger partial charge in [-0.15, -0.1) is 0 Å². The highest BCUT2D eigenvalue weighted by atomic mass is 16.5. The van der Waals surface area contributed by atoms with Gasteiger partial charge in [0, 0.05) is 24.6 Å². The Labute approximate surface area is 167 Å². The monoisotopic (exact) mass is 393 g/mol. The summed E-state index contributed by atoms with van der Waals surface area (Å²) in [6.07, 6.45) is 0.590. The molecule has 0 atom stereocenters. The van der Waals surface area contributed by atoms with Gasteiger partial charge in [0.25, 0.3) is 17.7 Å². The molecule has 0 saturated carbocycles. The van der Waals surface area contributed by atoms with E-state index in [1.807, 2.05) is 12.1 Å². The summed E-state index contributed by atoms with van der Waals surface area (Å²) in [5, 5.41) is 5.82. The van der Waals surface area contributed by atoms with Crippen LogP contribution in [0.15, 0.2) is 41.5 Å². The van der Waals surface area contributed by atoms with Gasteiger partial charge < -0.3 is 9.47 Å². The number of rotatable bonds is 4. The molecule has 0 bridgehead atoms. The SMILES string of the molecule is COc1ccc(C2=NN(C(=O)c3ccc4c(c3)C(=O)N(C)C4=O)CC2)cc1OC. The van der Waals surface area contributed by atoms with Crippen LogP contribution in [0.3, 0.4) is 0 Å². The molecule has 2 heterocycles. The summed E-state index contributed by atoms with van der Waals surface area (Å²) < 4.78 is 10.6. The third-order valence-corrected chi connectivity index (χ3v) is 5.09. The van der Waals surface area contributed by atoms with Crippen LogP contribution in [0.1, 0.15) is 43.1 Å². The zero-order valence-corrected chi connectivity index (χ0v) is 16.3. The second kappa shape index (κ2) is 7.05. The van der Waals surface area contributed by atoms with E-state index in [1.165, 1.54) is 24.2 Å². The molecular formula is C21H19N3O5. The zero-order valence-electron chi connectivity index (χ0n) is 16.3. The first kappa shape index (κ1) is 18.7. The topological polar surface area (TPSA) is 88.5 Å². The summed E-state index contributed by atoms with van der Waals surface area (Å²) in [5.41, 5.74) is 2.47. The minimum Gasteiger partial charge on any atom is -0.493 e. The molecule has 2 aromatic rings. The lowest BCUT2D eigenvalue weighted by Gasteiger charge is -2.12. The molecule has 29 heavy (non-hydrogen) atoms. The summed E-state index contributed by atoms with van der Waals surface area (Å²) in [4.78, 5) is 38.1. The molecule has 148 valence electrons. The predicted octanol–water partition coefficient (Wildman–Crippen LogP) is 2.18. The van der Waals surface area contributed by atoms with E-state index in [1.54, 1.807) is 26.4 Å². The fourth-order valence-electron chi connectivity index (χ4n) is 3.47. The summed E-state index contributed by atoms with van der Waals surface area (Å²) >= 11 is 0. The van der Waals surface area contributed by atoms with Gasteiger partial charge in [-0.1, -0.05) is 0 Å². The van der Waals surface area contributed by atoms with Crippen molar-refractivity contribution in [2.24, 2.45) is 5.10 Å². The normalized spacial score (nSPS) is 15.5. The molecule has 2 aliphatic heterocycles. The van der Waals surface area contributed by atoms with Gasteiger partial charge in [-0.2, -0.15) is 5.10 Å². The highest BCUT2D eigenvalue weighted by Gasteiger charge is 2.34. The van der Waals surface area contributed by atoms with Crippen molar-refractivity contribution in [2.45, 2.75) is 6.42 Å². The van der Waals surface area contributed by atoms with E-state index in [4.69, 9.17) is 9.47 Å². The maximum absolute atomic E-state index is 12.9. The Bertz CT molecular complexity index is 1080. The third-order valence-electron chi connectivity index (χ3n) is 5.09. The Balaban J connectivity index is 1.60. The van der Waals surface area contributed by atoms with Gasteiger partial charge in [-0.3, -0.25) is 19.3 Å². The van der Waals surface area contributed by atoms with Crippen LogP contribution in [0.5, 0.6) is 11.5 Å². The van der Waals surface area contributed by atoms with Crippen LogP contribution < -0.4 is 9.47 Å². The number of hydrazone groups is 1. The number of hydrogen-bond acceptors (Lipinski definition) is 6. The summed E-state index contributed by atoms with van der Waals surface area (Å²) in [7, 11) is 4.55. The minimum absolute atomic E-state index is 0.242. The molecule has 8 heteroatoms. The van der Waals surface area contributed by atoms with Crippen molar-refractivity contribution in [1.82, 2.24) is 9.91 Å². The van der Waals surface area contributed by atoms with Crippen molar-refractivity contribution in [3.63, 3.8) is 0 Å². The van der Waals surface area contributed by atoms with Crippen LogP contribution in [-0.4, -0.2) is 61.2 Å². The highest BCUT2D eigenvalue weighted by Crippen LogP contribution is 2.29. The molecule has 2 aliphatic rings. The lowest BCUT2D eigenvalue weighted by atomic mass is 10.1. The lowest BCUT2D eigenvalue weighted by Crippen LogP contribution is -2.24. The number of nitrogens with zero attached hydrogens (tertiary/aromatic N) is 3. The smallest absolute Gasteiger partial charge is 0.273 e. The first-order chi connectivity index (χ1) is 13.9. The number of benzene rings is 2. The van der Waals surface area contributed by atoms with E-state index < -0.39 is 5.91 Å². The fourth-order valence-corrected chi connectivity index (χ4v) is 3.47. The molecular weight excluding hydrogens is 374 g/mol. The molecule has 0 radical (unpaired) electrons. The number of amides is 3. The minimum atomic E-state index is -0.407.